The lowest BCUT2D eigenvalue weighted by Crippen LogP contribution is -2.43. The van der Waals surface area contributed by atoms with Gasteiger partial charge in [0.1, 0.15) is 5.82 Å². The van der Waals surface area contributed by atoms with Gasteiger partial charge < -0.3 is 4.90 Å². The van der Waals surface area contributed by atoms with Crippen LogP contribution in [0.2, 0.25) is 0 Å². The SMILES string of the molecule is C[C@@H]1CCCCN1C(=O)CSc1nc(-c2ccc(F)cc2)nc2cc(=O)[nH]n12. The molecule has 0 saturated carbocycles. The van der Waals surface area contributed by atoms with Crippen molar-refractivity contribution in [3.63, 3.8) is 0 Å². The molecule has 0 unspecified atom stereocenters. The summed E-state index contributed by atoms with van der Waals surface area (Å²) in [6.07, 6.45) is 3.20. The molecule has 0 radical (unpaired) electrons. The molecule has 1 atom stereocenters. The van der Waals surface area contributed by atoms with E-state index in [1.165, 1.54) is 34.5 Å². The number of carbonyl (C=O) groups excluding carboxylic acids is 1. The van der Waals surface area contributed by atoms with Gasteiger partial charge in [-0.15, -0.1) is 0 Å². The van der Waals surface area contributed by atoms with E-state index in [0.717, 1.165) is 25.8 Å². The van der Waals surface area contributed by atoms with Gasteiger partial charge >= 0.3 is 0 Å². The van der Waals surface area contributed by atoms with Gasteiger partial charge in [0.25, 0.3) is 5.56 Å². The van der Waals surface area contributed by atoms with E-state index in [0.29, 0.717) is 22.2 Å². The summed E-state index contributed by atoms with van der Waals surface area (Å²) in [7, 11) is 0. The smallest absolute Gasteiger partial charge is 0.266 e. The van der Waals surface area contributed by atoms with Crippen molar-refractivity contribution >= 4 is 23.3 Å². The zero-order valence-electron chi connectivity index (χ0n) is 15.4. The van der Waals surface area contributed by atoms with Crippen LogP contribution < -0.4 is 5.56 Å². The summed E-state index contributed by atoms with van der Waals surface area (Å²) in [5, 5.41) is 3.12. The van der Waals surface area contributed by atoms with Gasteiger partial charge in [-0.25, -0.2) is 18.9 Å². The first-order chi connectivity index (χ1) is 13.5. The van der Waals surface area contributed by atoms with Gasteiger partial charge in [0, 0.05) is 24.2 Å². The van der Waals surface area contributed by atoms with Crippen molar-refractivity contribution in [3.05, 3.63) is 46.5 Å². The average Bonchev–Trinajstić information content (AvgIpc) is 3.07. The molecule has 3 aromatic rings. The number of aromatic amines is 1. The number of amides is 1. The van der Waals surface area contributed by atoms with E-state index in [4.69, 9.17) is 0 Å². The van der Waals surface area contributed by atoms with Gasteiger partial charge in [0.2, 0.25) is 5.91 Å². The average molecular weight is 401 g/mol. The number of H-pyrrole nitrogens is 1. The predicted octanol–water partition coefficient (Wildman–Crippen LogP) is 2.72. The van der Waals surface area contributed by atoms with Crippen molar-refractivity contribution in [1.29, 1.82) is 0 Å². The van der Waals surface area contributed by atoms with E-state index in [1.807, 2.05) is 4.90 Å². The Bertz CT molecular complexity index is 1060. The van der Waals surface area contributed by atoms with E-state index in [-0.39, 0.29) is 29.1 Å². The van der Waals surface area contributed by atoms with Crippen molar-refractivity contribution in [3.8, 4) is 11.4 Å². The topological polar surface area (TPSA) is 83.4 Å². The molecule has 0 spiro atoms. The Morgan fingerprint density at radius 3 is 2.82 bits per heavy atom. The molecule has 3 heterocycles. The molecule has 4 rings (SSSR count). The zero-order valence-corrected chi connectivity index (χ0v) is 16.2. The highest BCUT2D eigenvalue weighted by Gasteiger charge is 2.23. The number of thioether (sulfide) groups is 1. The standard InChI is InChI=1S/C19H20FN5O2S/c1-12-4-2-3-9-24(12)17(27)11-28-19-22-18(13-5-7-14(20)8-6-13)21-15-10-16(26)23-25(15)19/h5-8,10,12H,2-4,9,11H2,1H3,(H,23,26)/t12-/m1/s1. The second-order valence-corrected chi connectivity index (χ2v) is 7.81. The fourth-order valence-electron chi connectivity index (χ4n) is 3.39. The summed E-state index contributed by atoms with van der Waals surface area (Å²) in [4.78, 5) is 35.2. The largest absolute Gasteiger partial charge is 0.339 e. The maximum Gasteiger partial charge on any atom is 0.266 e. The number of hydrogen-bond acceptors (Lipinski definition) is 5. The third-order valence-electron chi connectivity index (χ3n) is 4.88. The van der Waals surface area contributed by atoms with E-state index in [1.54, 1.807) is 12.1 Å². The summed E-state index contributed by atoms with van der Waals surface area (Å²) in [6, 6.07) is 7.45. The Labute approximate surface area is 165 Å². The monoisotopic (exact) mass is 401 g/mol. The fourth-order valence-corrected chi connectivity index (χ4v) is 4.22. The van der Waals surface area contributed by atoms with Gasteiger partial charge in [-0.2, -0.15) is 0 Å². The molecule has 0 aliphatic carbocycles. The van der Waals surface area contributed by atoms with Crippen LogP contribution in [0.3, 0.4) is 0 Å². The molecule has 1 N–H and O–H groups in total. The van der Waals surface area contributed by atoms with Crippen molar-refractivity contribution in [2.45, 2.75) is 37.4 Å². The molecule has 1 aromatic carbocycles. The number of nitrogens with zero attached hydrogens (tertiary/aromatic N) is 4. The van der Waals surface area contributed by atoms with Gasteiger partial charge in [-0.05, 0) is 50.5 Å². The Kier molecular flexibility index (Phi) is 5.17. The molecule has 1 amide bonds. The van der Waals surface area contributed by atoms with Crippen LogP contribution in [0.25, 0.3) is 17.0 Å². The van der Waals surface area contributed by atoms with Gasteiger partial charge in [-0.3, -0.25) is 14.7 Å². The van der Waals surface area contributed by atoms with Crippen LogP contribution in [0.1, 0.15) is 26.2 Å². The van der Waals surface area contributed by atoms with Crippen LogP contribution >= 0.6 is 11.8 Å². The number of piperidine rings is 1. The lowest BCUT2D eigenvalue weighted by molar-refractivity contribution is -0.131. The van der Waals surface area contributed by atoms with Crippen molar-refractivity contribution in [2.24, 2.45) is 0 Å². The minimum atomic E-state index is -0.349. The van der Waals surface area contributed by atoms with E-state index < -0.39 is 0 Å². The van der Waals surface area contributed by atoms with E-state index in [2.05, 4.69) is 22.0 Å². The van der Waals surface area contributed by atoms with Crippen molar-refractivity contribution in [2.75, 3.05) is 12.3 Å². The summed E-state index contributed by atoms with van der Waals surface area (Å²) < 4.78 is 14.7. The molecule has 1 fully saturated rings. The maximum atomic E-state index is 13.2. The van der Waals surface area contributed by atoms with E-state index in [9.17, 15) is 14.0 Å². The van der Waals surface area contributed by atoms with Crippen LogP contribution in [-0.4, -0.2) is 48.7 Å². The predicted molar refractivity (Wildman–Crippen MR) is 105 cm³/mol. The molecule has 1 saturated heterocycles. The number of nitrogens with one attached hydrogen (secondary N) is 1. The van der Waals surface area contributed by atoms with Gasteiger partial charge in [0.05, 0.1) is 5.75 Å². The van der Waals surface area contributed by atoms with Crippen LogP contribution in [0, 0.1) is 5.82 Å². The Balaban J connectivity index is 1.62. The van der Waals surface area contributed by atoms with Crippen molar-refractivity contribution in [1.82, 2.24) is 24.5 Å². The number of halogens is 1. The van der Waals surface area contributed by atoms with Crippen LogP contribution in [0.4, 0.5) is 4.39 Å². The van der Waals surface area contributed by atoms with Crippen LogP contribution in [0.15, 0.2) is 40.3 Å². The Morgan fingerprint density at radius 2 is 2.07 bits per heavy atom. The molecule has 146 valence electrons. The van der Waals surface area contributed by atoms with Crippen LogP contribution in [0.5, 0.6) is 0 Å². The lowest BCUT2D eigenvalue weighted by Gasteiger charge is -2.33. The molecule has 1 aliphatic rings. The second kappa shape index (κ2) is 7.75. The number of aromatic nitrogens is 4. The normalized spacial score (nSPS) is 17.2. The van der Waals surface area contributed by atoms with Gasteiger partial charge in [0.15, 0.2) is 16.6 Å². The molecular weight excluding hydrogens is 381 g/mol. The summed E-state index contributed by atoms with van der Waals surface area (Å²) in [6.45, 7) is 2.85. The Morgan fingerprint density at radius 1 is 1.29 bits per heavy atom. The number of benzene rings is 1. The number of hydrogen-bond donors (Lipinski definition) is 1. The first-order valence-corrected chi connectivity index (χ1v) is 10.2. The minimum absolute atomic E-state index is 0.0572. The molecule has 1 aliphatic heterocycles. The number of fused-ring (bicyclic) bond motifs is 1. The molecular formula is C19H20FN5O2S. The lowest BCUT2D eigenvalue weighted by atomic mass is 10.0. The van der Waals surface area contributed by atoms with E-state index >= 15 is 0 Å². The first-order valence-electron chi connectivity index (χ1n) is 9.19. The summed E-state index contributed by atoms with van der Waals surface area (Å²) in [5.74, 6) is 0.306. The molecule has 7 nitrogen and oxygen atoms in total. The second-order valence-electron chi connectivity index (χ2n) is 6.87. The highest BCUT2D eigenvalue weighted by atomic mass is 32.2. The first kappa shape index (κ1) is 18.7. The van der Waals surface area contributed by atoms with Crippen LogP contribution in [-0.2, 0) is 4.79 Å². The number of rotatable bonds is 4. The van der Waals surface area contributed by atoms with Crippen molar-refractivity contribution < 1.29 is 9.18 Å². The number of carbonyl (C=O) groups is 1. The Hall–Kier alpha value is -2.68. The molecule has 9 heteroatoms. The highest BCUT2D eigenvalue weighted by Crippen LogP contribution is 2.23. The third kappa shape index (κ3) is 3.80. The summed E-state index contributed by atoms with van der Waals surface area (Å²) in [5.41, 5.74) is 0.736. The summed E-state index contributed by atoms with van der Waals surface area (Å²) >= 11 is 1.26. The minimum Gasteiger partial charge on any atom is -0.339 e. The molecule has 0 bridgehead atoms. The molecule has 2 aromatic heterocycles. The molecule has 28 heavy (non-hydrogen) atoms. The zero-order chi connectivity index (χ0) is 19.7. The fraction of sp³-hybridized carbons (Fsp3) is 0.368. The van der Waals surface area contributed by atoms with Gasteiger partial charge in [-0.1, -0.05) is 11.8 Å². The highest BCUT2D eigenvalue weighted by molar-refractivity contribution is 7.99. The quantitative estimate of drug-likeness (QED) is 0.680. The maximum absolute atomic E-state index is 13.2. The number of likely N-dealkylation sites (tertiary alicyclic amines) is 1. The third-order valence-corrected chi connectivity index (χ3v) is 5.80.